The summed E-state index contributed by atoms with van der Waals surface area (Å²) in [4.78, 5) is 11.0. The summed E-state index contributed by atoms with van der Waals surface area (Å²) in [6, 6.07) is 16.9. The number of para-hydroxylation sites is 1. The topological polar surface area (TPSA) is 55.2 Å². The highest BCUT2D eigenvalue weighted by Crippen LogP contribution is 2.40. The number of anilines is 1. The van der Waals surface area contributed by atoms with Gasteiger partial charge in [0, 0.05) is 23.3 Å². The van der Waals surface area contributed by atoms with Crippen LogP contribution < -0.4 is 5.32 Å². The van der Waals surface area contributed by atoms with Crippen LogP contribution in [0, 0.1) is 10.1 Å². The first-order chi connectivity index (χ1) is 10.8. The molecule has 1 aliphatic heterocycles. The van der Waals surface area contributed by atoms with Crippen molar-refractivity contribution < 1.29 is 4.92 Å². The quantitative estimate of drug-likeness (QED) is 0.543. The van der Waals surface area contributed by atoms with E-state index in [4.69, 9.17) is 0 Å². The zero-order valence-corrected chi connectivity index (χ0v) is 11.6. The highest BCUT2D eigenvalue weighted by Gasteiger charge is 2.19. The number of rotatable bonds is 2. The predicted octanol–water partition coefficient (Wildman–Crippen LogP) is 4.81. The first-order valence-corrected chi connectivity index (χ1v) is 6.98. The van der Waals surface area contributed by atoms with Crippen LogP contribution in [-0.2, 0) is 0 Å². The average molecular weight is 288 g/mol. The van der Waals surface area contributed by atoms with Crippen LogP contribution in [0.2, 0.25) is 0 Å². The molecule has 22 heavy (non-hydrogen) atoms. The number of nitrogens with one attached hydrogen (secondary N) is 1. The van der Waals surface area contributed by atoms with Gasteiger partial charge < -0.3 is 5.32 Å². The third-order valence-corrected chi connectivity index (χ3v) is 3.97. The highest BCUT2D eigenvalue weighted by atomic mass is 16.6. The summed E-state index contributed by atoms with van der Waals surface area (Å²) < 4.78 is 0. The van der Waals surface area contributed by atoms with Gasteiger partial charge in [-0.1, -0.05) is 36.4 Å². The van der Waals surface area contributed by atoms with Gasteiger partial charge in [0.25, 0.3) is 5.69 Å². The van der Waals surface area contributed by atoms with Gasteiger partial charge in [0.2, 0.25) is 0 Å². The van der Waals surface area contributed by atoms with Crippen molar-refractivity contribution in [3.05, 3.63) is 76.5 Å². The van der Waals surface area contributed by atoms with E-state index >= 15 is 0 Å². The molecule has 0 unspecified atom stereocenters. The van der Waals surface area contributed by atoms with Crippen LogP contribution in [0.4, 0.5) is 11.4 Å². The normalized spacial score (nSPS) is 12.2. The fraction of sp³-hybridized carbons (Fsp3) is 0. The smallest absolute Gasteiger partial charge is 0.277 e. The van der Waals surface area contributed by atoms with Crippen LogP contribution in [0.1, 0.15) is 5.56 Å². The Morgan fingerprint density at radius 2 is 1.77 bits per heavy atom. The van der Waals surface area contributed by atoms with Gasteiger partial charge in [0.05, 0.1) is 10.5 Å². The summed E-state index contributed by atoms with van der Waals surface area (Å²) >= 11 is 0. The number of benzene rings is 3. The molecule has 1 aliphatic rings. The largest absolute Gasteiger partial charge is 0.361 e. The minimum Gasteiger partial charge on any atom is -0.361 e. The molecule has 0 bridgehead atoms. The standard InChI is InChI=1S/C18H12N2O2/c21-20(22)17-7-2-1-5-14(17)13-9-8-12-4-3-6-16-18(12)15(13)10-11-19-16/h1-11,19H. The Bertz CT molecular complexity index is 945. The molecule has 0 saturated heterocycles. The predicted molar refractivity (Wildman–Crippen MR) is 88.7 cm³/mol. The van der Waals surface area contributed by atoms with Crippen LogP contribution in [0.5, 0.6) is 0 Å². The first-order valence-electron chi connectivity index (χ1n) is 6.98. The van der Waals surface area contributed by atoms with E-state index in [1.165, 1.54) is 0 Å². The lowest BCUT2D eigenvalue weighted by Gasteiger charge is -2.17. The molecule has 0 aromatic heterocycles. The highest BCUT2D eigenvalue weighted by molar-refractivity contribution is 6.07. The summed E-state index contributed by atoms with van der Waals surface area (Å²) in [6.07, 6.45) is 3.84. The number of hydrogen-bond donors (Lipinski definition) is 1. The average Bonchev–Trinajstić information content (AvgIpc) is 2.56. The zero-order valence-electron chi connectivity index (χ0n) is 11.6. The summed E-state index contributed by atoms with van der Waals surface area (Å²) in [5.74, 6) is 0. The van der Waals surface area contributed by atoms with Gasteiger partial charge >= 0.3 is 0 Å². The third kappa shape index (κ3) is 1.78. The van der Waals surface area contributed by atoms with Crippen molar-refractivity contribution in [3.63, 3.8) is 0 Å². The number of nitro groups is 1. The second kappa shape index (κ2) is 4.70. The lowest BCUT2D eigenvalue weighted by Crippen LogP contribution is -1.99. The molecule has 0 aliphatic carbocycles. The molecule has 0 amide bonds. The number of hydrogen-bond acceptors (Lipinski definition) is 3. The van der Waals surface area contributed by atoms with E-state index in [-0.39, 0.29) is 10.6 Å². The maximum absolute atomic E-state index is 11.3. The van der Waals surface area contributed by atoms with Gasteiger partial charge in [-0.05, 0) is 34.7 Å². The Kier molecular flexibility index (Phi) is 2.69. The van der Waals surface area contributed by atoms with E-state index in [1.54, 1.807) is 18.2 Å². The van der Waals surface area contributed by atoms with Crippen molar-refractivity contribution in [2.24, 2.45) is 0 Å². The molecule has 106 valence electrons. The molecular formula is C18H12N2O2. The third-order valence-electron chi connectivity index (χ3n) is 3.97. The monoisotopic (exact) mass is 288 g/mol. The first kappa shape index (κ1) is 12.6. The maximum atomic E-state index is 11.3. The Labute approximate surface area is 126 Å². The molecule has 0 atom stereocenters. The molecule has 0 saturated carbocycles. The molecule has 0 radical (unpaired) electrons. The van der Waals surface area contributed by atoms with Crippen LogP contribution in [0.15, 0.2) is 60.8 Å². The minimum atomic E-state index is -0.330. The lowest BCUT2D eigenvalue weighted by atomic mass is 9.91. The molecule has 1 heterocycles. The van der Waals surface area contributed by atoms with Gasteiger partial charge in [0.1, 0.15) is 0 Å². The molecule has 4 heteroatoms. The van der Waals surface area contributed by atoms with E-state index in [9.17, 15) is 10.1 Å². The Morgan fingerprint density at radius 1 is 0.909 bits per heavy atom. The maximum Gasteiger partial charge on any atom is 0.277 e. The van der Waals surface area contributed by atoms with Gasteiger partial charge in [-0.25, -0.2) is 0 Å². The molecule has 4 nitrogen and oxygen atoms in total. The van der Waals surface area contributed by atoms with Gasteiger partial charge in [-0.3, -0.25) is 10.1 Å². The van der Waals surface area contributed by atoms with E-state index < -0.39 is 0 Å². The number of nitrogens with zero attached hydrogens (tertiary/aromatic N) is 1. The summed E-state index contributed by atoms with van der Waals surface area (Å²) in [6.45, 7) is 0. The fourth-order valence-corrected chi connectivity index (χ4v) is 3.01. The SMILES string of the molecule is O=[N+]([O-])c1ccccc1-c1ccc2cccc3c2c1C=CN3. The Balaban J connectivity index is 2.08. The van der Waals surface area contributed by atoms with Gasteiger partial charge in [-0.15, -0.1) is 0 Å². The molecule has 1 N–H and O–H groups in total. The van der Waals surface area contributed by atoms with E-state index in [1.807, 2.05) is 48.7 Å². The fourth-order valence-electron chi connectivity index (χ4n) is 3.01. The van der Waals surface area contributed by atoms with E-state index in [2.05, 4.69) is 5.32 Å². The van der Waals surface area contributed by atoms with E-state index in [0.717, 1.165) is 27.6 Å². The van der Waals surface area contributed by atoms with Crippen molar-refractivity contribution in [2.75, 3.05) is 5.32 Å². The van der Waals surface area contributed by atoms with E-state index in [0.29, 0.717) is 5.56 Å². The Morgan fingerprint density at radius 3 is 2.64 bits per heavy atom. The lowest BCUT2D eigenvalue weighted by molar-refractivity contribution is -0.384. The van der Waals surface area contributed by atoms with Gasteiger partial charge in [-0.2, -0.15) is 0 Å². The minimum absolute atomic E-state index is 0.127. The summed E-state index contributed by atoms with van der Waals surface area (Å²) in [5, 5.41) is 16.8. The molecule has 0 fully saturated rings. The van der Waals surface area contributed by atoms with Gasteiger partial charge in [0.15, 0.2) is 0 Å². The molecular weight excluding hydrogens is 276 g/mol. The number of nitro benzene ring substituents is 1. The van der Waals surface area contributed by atoms with Crippen molar-refractivity contribution in [3.8, 4) is 11.1 Å². The van der Waals surface area contributed by atoms with Crippen LogP contribution in [-0.4, -0.2) is 4.92 Å². The van der Waals surface area contributed by atoms with Crippen molar-refractivity contribution in [1.29, 1.82) is 0 Å². The second-order valence-electron chi connectivity index (χ2n) is 5.18. The second-order valence-corrected chi connectivity index (χ2v) is 5.18. The van der Waals surface area contributed by atoms with Crippen molar-refractivity contribution in [1.82, 2.24) is 0 Å². The Hall–Kier alpha value is -3.14. The summed E-state index contributed by atoms with van der Waals surface area (Å²) in [7, 11) is 0. The molecule has 3 aromatic carbocycles. The summed E-state index contributed by atoms with van der Waals surface area (Å²) in [5.41, 5.74) is 3.69. The van der Waals surface area contributed by atoms with Crippen molar-refractivity contribution >= 4 is 28.2 Å². The van der Waals surface area contributed by atoms with Crippen molar-refractivity contribution in [2.45, 2.75) is 0 Å². The van der Waals surface area contributed by atoms with Crippen LogP contribution in [0.25, 0.3) is 28.0 Å². The molecule has 0 spiro atoms. The zero-order chi connectivity index (χ0) is 15.1. The molecule has 3 aromatic rings. The molecule has 4 rings (SSSR count). The van der Waals surface area contributed by atoms with Crippen LogP contribution in [0.3, 0.4) is 0 Å². The van der Waals surface area contributed by atoms with Crippen LogP contribution >= 0.6 is 0 Å².